The van der Waals surface area contributed by atoms with E-state index in [0.717, 1.165) is 18.3 Å². The fraction of sp³-hybridized carbons (Fsp3) is 0.909. The van der Waals surface area contributed by atoms with Crippen molar-refractivity contribution in [2.75, 3.05) is 0 Å². The molecular weight excluding hydrogens is 624 g/mol. The van der Waals surface area contributed by atoms with E-state index in [9.17, 15) is 5.11 Å². The van der Waals surface area contributed by atoms with Gasteiger partial charge in [0, 0.05) is 0 Å². The molecule has 0 aromatic rings. The summed E-state index contributed by atoms with van der Waals surface area (Å²) in [5.41, 5.74) is 0. The van der Waals surface area contributed by atoms with Crippen molar-refractivity contribution in [3.05, 3.63) is 7.43 Å². The van der Waals surface area contributed by atoms with Gasteiger partial charge in [-0.15, -0.1) is 0 Å². The van der Waals surface area contributed by atoms with E-state index in [1.54, 1.807) is 0 Å². The predicted octanol–water partition coefficient (Wildman–Crippen LogP) is 2.93. The third kappa shape index (κ3) is 38.2. The molecule has 0 saturated heterocycles. The van der Waals surface area contributed by atoms with Crippen LogP contribution in [-0.4, -0.2) is 74.3 Å². The monoisotopic (exact) mass is 659 g/mol. The summed E-state index contributed by atoms with van der Waals surface area (Å²) in [6.45, 7) is 6.69. The summed E-state index contributed by atoms with van der Waals surface area (Å²) in [4.78, 5) is 0. The number of hydrogen-bond acceptors (Lipinski definition) is 14. The van der Waals surface area contributed by atoms with Crippen LogP contribution in [0.2, 0.25) is 0 Å². The topological polar surface area (TPSA) is 272 Å². The second kappa shape index (κ2) is 56.6. The molecule has 0 radical (unpaired) electrons. The maximum Gasteiger partial charge on any atom is 0.0573 e. The Morgan fingerprint density at radius 2 is 1.12 bits per heavy atom. The maximum absolute atomic E-state index is 9.46. The van der Waals surface area contributed by atoms with Crippen LogP contribution in [0.5, 0.6) is 0 Å². The van der Waals surface area contributed by atoms with Gasteiger partial charge in [-0.2, -0.15) is 0 Å². The van der Waals surface area contributed by atoms with E-state index in [2.05, 4.69) is 25.8 Å². The fourth-order valence-electron chi connectivity index (χ4n) is 2.14. The van der Waals surface area contributed by atoms with Gasteiger partial charge in [-0.3, -0.25) is 52.6 Å². The van der Waals surface area contributed by atoms with Crippen LogP contribution in [0.15, 0.2) is 0 Å². The Morgan fingerprint density at radius 1 is 0.846 bits per heavy atom. The standard InChI is InChI=1S/C10H20O.CH3.Db.H2O3.5H2O2/c1-4-8-6-10(11)9(8)5-7(2)3;;;1-3-2;5*1-2/h7-11H,4-6H2,1-3H3;1H3;;1-2H;5*1-2H/q;-1;;;;;;;. The minimum absolute atomic E-state index is 0. The largest absolute Gasteiger partial charge is 0.393 e. The van der Waals surface area contributed by atoms with E-state index >= 15 is 0 Å². The molecule has 0 aromatic carbocycles. The average molecular weight is 659 g/mol. The van der Waals surface area contributed by atoms with Crippen molar-refractivity contribution in [2.45, 2.75) is 46.1 Å². The second-order valence-corrected chi connectivity index (χ2v) is 4.35. The minimum atomic E-state index is 0. The maximum atomic E-state index is 9.46. The van der Waals surface area contributed by atoms with Crippen LogP contribution in [0.4, 0.5) is 0 Å². The van der Waals surface area contributed by atoms with Gasteiger partial charge in [0.05, 0.1) is 6.10 Å². The van der Waals surface area contributed by atoms with Gasteiger partial charge in [0.25, 0.3) is 0 Å². The van der Waals surface area contributed by atoms with Gasteiger partial charge in [0.15, 0.2) is 0 Å². The minimum Gasteiger partial charge on any atom is -0.393 e. The fourth-order valence-corrected chi connectivity index (χ4v) is 2.14. The average Bonchev–Trinajstić information content (AvgIpc) is 2.66. The van der Waals surface area contributed by atoms with Crippen LogP contribution in [0.25, 0.3) is 0 Å². The molecular formula is C11H35DbO14-. The molecule has 1 saturated carbocycles. The predicted molar refractivity (Wildman–Crippen MR) is 86.4 cm³/mol. The van der Waals surface area contributed by atoms with Crippen molar-refractivity contribution in [2.24, 2.45) is 17.8 Å². The van der Waals surface area contributed by atoms with E-state index in [0.29, 0.717) is 5.92 Å². The molecule has 166 valence electrons. The number of rotatable bonds is 3. The molecule has 1 rings (SSSR count). The summed E-state index contributed by atoms with van der Waals surface area (Å²) in [6.07, 6.45) is 3.52. The SMILES string of the molecule is CCC1CC(O)C1CC(C)C.OO.OO.OO.OO.OO.OOO.[CH3-].[Db]. The third-order valence-electron chi connectivity index (χ3n) is 2.91. The molecule has 3 atom stereocenters. The van der Waals surface area contributed by atoms with Crippen LogP contribution >= 0.6 is 0 Å². The molecule has 0 spiro atoms. The first-order valence-electron chi connectivity index (χ1n) is 6.19. The van der Waals surface area contributed by atoms with Crippen molar-refractivity contribution < 1.29 is 73.2 Å². The summed E-state index contributed by atoms with van der Waals surface area (Å²) in [5, 5.41) is 85.0. The molecule has 1 aliphatic carbocycles. The Kier molecular flexibility index (Phi) is 108. The Bertz CT molecular complexity index is 157. The zero-order valence-corrected chi connectivity index (χ0v) is 21.8. The van der Waals surface area contributed by atoms with Gasteiger partial charge in [-0.25, -0.2) is 10.5 Å². The van der Waals surface area contributed by atoms with E-state index in [-0.39, 0.29) is 13.5 Å². The quantitative estimate of drug-likeness (QED) is 0.118. The molecule has 1 fully saturated rings. The molecule has 0 aromatic heterocycles. The van der Waals surface area contributed by atoms with E-state index in [4.69, 9.17) is 63.1 Å². The van der Waals surface area contributed by atoms with Crippen molar-refractivity contribution in [1.29, 1.82) is 0 Å². The zero-order valence-electron chi connectivity index (χ0n) is 15.4. The molecule has 0 amide bonds. The van der Waals surface area contributed by atoms with Crippen molar-refractivity contribution in [1.82, 2.24) is 0 Å². The van der Waals surface area contributed by atoms with Gasteiger partial charge < -0.3 is 12.5 Å². The third-order valence-corrected chi connectivity index (χ3v) is 2.91. The number of hydrogen-bond donors (Lipinski definition) is 13. The van der Waals surface area contributed by atoms with Gasteiger partial charge >= 0.3 is 0 Å². The molecule has 26 heavy (non-hydrogen) atoms. The zero-order chi connectivity index (χ0) is 21.1. The van der Waals surface area contributed by atoms with Gasteiger partial charge in [0.1, 0.15) is 0 Å². The molecule has 14 nitrogen and oxygen atoms in total. The molecule has 3 unspecified atom stereocenters. The van der Waals surface area contributed by atoms with Crippen molar-refractivity contribution in [3.63, 3.8) is 0 Å². The van der Waals surface area contributed by atoms with Crippen LogP contribution in [-0.2, 0) is 5.04 Å². The molecule has 0 aliphatic heterocycles. The molecule has 15 heteroatoms. The van der Waals surface area contributed by atoms with E-state index in [1.165, 1.54) is 12.8 Å². The molecule has 0 bridgehead atoms. The summed E-state index contributed by atoms with van der Waals surface area (Å²) < 4.78 is 0. The Hall–Kier alpha value is -1.56. The normalized spacial score (nSPS) is 17.7. The van der Waals surface area contributed by atoms with E-state index in [1.807, 2.05) is 0 Å². The van der Waals surface area contributed by atoms with Crippen LogP contribution in [0.1, 0.15) is 40.0 Å². The van der Waals surface area contributed by atoms with Crippen LogP contribution < -0.4 is 0 Å². The van der Waals surface area contributed by atoms with Gasteiger partial charge in [0.2, 0.25) is 0 Å². The number of aliphatic hydroxyl groups excluding tert-OH is 1. The van der Waals surface area contributed by atoms with Crippen LogP contribution in [0, 0.1) is 25.2 Å². The summed E-state index contributed by atoms with van der Waals surface area (Å²) >= 11 is 0. The summed E-state index contributed by atoms with van der Waals surface area (Å²) in [7, 11) is 0. The smallest absolute Gasteiger partial charge is 0.0573 e. The molecule has 0 heterocycles. The molecule has 1 aliphatic rings. The molecule has 13 N–H and O–H groups in total. The summed E-state index contributed by atoms with van der Waals surface area (Å²) in [5.74, 6) is 2.16. The first-order chi connectivity index (χ1) is 11.6. The Morgan fingerprint density at radius 3 is 1.27 bits per heavy atom. The first kappa shape index (κ1) is 49.7. The van der Waals surface area contributed by atoms with Crippen molar-refractivity contribution in [3.8, 4) is 0 Å². The van der Waals surface area contributed by atoms with Crippen molar-refractivity contribution >= 4 is 0 Å². The Balaban J connectivity index is -0.0000000309. The number of aliphatic hydroxyl groups is 1. The Labute approximate surface area is 145 Å². The summed E-state index contributed by atoms with van der Waals surface area (Å²) in [6, 6.07) is 0. The second-order valence-electron chi connectivity index (χ2n) is 4.35. The first-order valence-corrected chi connectivity index (χ1v) is 6.19. The van der Waals surface area contributed by atoms with Gasteiger partial charge in [-0.1, -0.05) is 32.2 Å². The van der Waals surface area contributed by atoms with E-state index < -0.39 is 0 Å². The van der Waals surface area contributed by atoms with Crippen LogP contribution in [0.3, 0.4) is 0 Å². The van der Waals surface area contributed by atoms with Gasteiger partial charge in [-0.05, 0) is 30.6 Å².